The van der Waals surface area contributed by atoms with E-state index in [0.717, 1.165) is 18.9 Å². The number of hydrogen-bond donors (Lipinski definition) is 2. The first-order valence-corrected chi connectivity index (χ1v) is 7.91. The molecule has 0 aromatic heterocycles. The number of benzene rings is 1. The minimum atomic E-state index is -3.81. The highest BCUT2D eigenvalue weighted by atomic mass is 32.2. The van der Waals surface area contributed by atoms with Gasteiger partial charge in [0.25, 0.3) is 0 Å². The van der Waals surface area contributed by atoms with E-state index in [4.69, 9.17) is 0 Å². The molecule has 0 aliphatic carbocycles. The van der Waals surface area contributed by atoms with Gasteiger partial charge in [-0.15, -0.1) is 0 Å². The molecule has 0 amide bonds. The van der Waals surface area contributed by atoms with Crippen LogP contribution in [0, 0.1) is 5.82 Å². The Hall–Kier alpha value is -0.980. The third-order valence-electron chi connectivity index (χ3n) is 3.49. The van der Waals surface area contributed by atoms with Crippen molar-refractivity contribution in [2.45, 2.75) is 49.7 Å². The van der Waals surface area contributed by atoms with Crippen molar-refractivity contribution in [3.05, 3.63) is 30.1 Å². The van der Waals surface area contributed by atoms with Gasteiger partial charge in [0.05, 0.1) is 0 Å². The molecular weight excluding hydrogens is 267 g/mol. The van der Waals surface area contributed by atoms with Gasteiger partial charge in [0.2, 0.25) is 10.0 Å². The molecule has 1 fully saturated rings. The van der Waals surface area contributed by atoms with Gasteiger partial charge < -0.3 is 5.32 Å². The average molecular weight is 286 g/mol. The fourth-order valence-electron chi connectivity index (χ4n) is 2.41. The molecular formula is C13H19FN2O2S. The summed E-state index contributed by atoms with van der Waals surface area (Å²) >= 11 is 0. The number of nitrogens with one attached hydrogen (secondary N) is 2. The van der Waals surface area contributed by atoms with Gasteiger partial charge in [-0.2, -0.15) is 0 Å². The number of halogens is 1. The van der Waals surface area contributed by atoms with E-state index in [1.165, 1.54) is 18.2 Å². The standard InChI is InChI=1S/C13H19FN2O2S/c1-9-7-8-12(10(2)15-9)16-19(17,18)13-6-4-3-5-11(13)14/h3-6,9-10,12,15-16H,7-8H2,1-2H3. The molecule has 0 saturated carbocycles. The fraction of sp³-hybridized carbons (Fsp3) is 0.538. The molecule has 3 unspecified atom stereocenters. The summed E-state index contributed by atoms with van der Waals surface area (Å²) < 4.78 is 40.5. The second-order valence-corrected chi connectivity index (χ2v) is 6.77. The van der Waals surface area contributed by atoms with Crippen molar-refractivity contribution < 1.29 is 12.8 Å². The molecule has 1 aromatic carbocycles. The van der Waals surface area contributed by atoms with Crippen molar-refractivity contribution in [1.29, 1.82) is 0 Å². The molecule has 4 nitrogen and oxygen atoms in total. The Labute approximate surface area is 113 Å². The maximum Gasteiger partial charge on any atom is 0.243 e. The van der Waals surface area contributed by atoms with Crippen molar-refractivity contribution in [2.75, 3.05) is 0 Å². The van der Waals surface area contributed by atoms with Crippen LogP contribution in [0.15, 0.2) is 29.2 Å². The van der Waals surface area contributed by atoms with E-state index in [1.807, 2.05) is 6.92 Å². The second-order valence-electron chi connectivity index (χ2n) is 5.09. The van der Waals surface area contributed by atoms with E-state index in [-0.39, 0.29) is 17.0 Å². The Morgan fingerprint density at radius 3 is 2.58 bits per heavy atom. The molecule has 6 heteroatoms. The van der Waals surface area contributed by atoms with E-state index < -0.39 is 15.8 Å². The molecule has 19 heavy (non-hydrogen) atoms. The second kappa shape index (κ2) is 5.56. The maximum absolute atomic E-state index is 13.6. The summed E-state index contributed by atoms with van der Waals surface area (Å²) in [6, 6.07) is 5.62. The molecule has 3 atom stereocenters. The van der Waals surface area contributed by atoms with Gasteiger partial charge in [-0.25, -0.2) is 17.5 Å². The monoisotopic (exact) mass is 286 g/mol. The minimum absolute atomic E-state index is 0.0327. The van der Waals surface area contributed by atoms with E-state index in [1.54, 1.807) is 0 Å². The van der Waals surface area contributed by atoms with Crippen LogP contribution < -0.4 is 10.0 Å². The number of rotatable bonds is 3. The van der Waals surface area contributed by atoms with Gasteiger partial charge in [0, 0.05) is 18.1 Å². The van der Waals surface area contributed by atoms with Crippen molar-refractivity contribution in [3.8, 4) is 0 Å². The van der Waals surface area contributed by atoms with Gasteiger partial charge in [-0.05, 0) is 38.8 Å². The highest BCUT2D eigenvalue weighted by Gasteiger charge is 2.29. The van der Waals surface area contributed by atoms with Crippen LogP contribution >= 0.6 is 0 Å². The van der Waals surface area contributed by atoms with Crippen LogP contribution in [0.4, 0.5) is 4.39 Å². The van der Waals surface area contributed by atoms with Crippen molar-refractivity contribution in [2.24, 2.45) is 0 Å². The van der Waals surface area contributed by atoms with E-state index in [9.17, 15) is 12.8 Å². The summed E-state index contributed by atoms with van der Waals surface area (Å²) in [5, 5.41) is 3.30. The highest BCUT2D eigenvalue weighted by Crippen LogP contribution is 2.18. The van der Waals surface area contributed by atoms with E-state index in [2.05, 4.69) is 17.0 Å². The van der Waals surface area contributed by atoms with E-state index in [0.29, 0.717) is 6.04 Å². The molecule has 2 N–H and O–H groups in total. The van der Waals surface area contributed by atoms with Gasteiger partial charge in [-0.1, -0.05) is 12.1 Å². The smallest absolute Gasteiger partial charge is 0.243 e. The molecule has 106 valence electrons. The Bertz CT molecular complexity index is 547. The maximum atomic E-state index is 13.6. The highest BCUT2D eigenvalue weighted by molar-refractivity contribution is 7.89. The Morgan fingerprint density at radius 2 is 1.95 bits per heavy atom. The third-order valence-corrected chi connectivity index (χ3v) is 5.02. The summed E-state index contributed by atoms with van der Waals surface area (Å²) in [7, 11) is -3.81. The van der Waals surface area contributed by atoms with Gasteiger partial charge in [-0.3, -0.25) is 0 Å². The lowest BCUT2D eigenvalue weighted by molar-refractivity contribution is 0.296. The molecule has 1 saturated heterocycles. The van der Waals surface area contributed by atoms with Crippen LogP contribution in [-0.2, 0) is 10.0 Å². The quantitative estimate of drug-likeness (QED) is 0.888. The normalized spacial score (nSPS) is 28.3. The van der Waals surface area contributed by atoms with Crippen LogP contribution in [0.1, 0.15) is 26.7 Å². The van der Waals surface area contributed by atoms with Crippen molar-refractivity contribution >= 4 is 10.0 Å². The summed E-state index contributed by atoms with van der Waals surface area (Å²) in [6.45, 7) is 4.00. The van der Waals surface area contributed by atoms with Crippen molar-refractivity contribution in [3.63, 3.8) is 0 Å². The summed E-state index contributed by atoms with van der Waals surface area (Å²) in [5.74, 6) is -0.722. The molecule has 1 heterocycles. The molecule has 2 rings (SSSR count). The average Bonchev–Trinajstić information content (AvgIpc) is 2.33. The molecule has 1 aliphatic rings. The third kappa shape index (κ3) is 3.32. The minimum Gasteiger partial charge on any atom is -0.310 e. The zero-order valence-electron chi connectivity index (χ0n) is 11.1. The van der Waals surface area contributed by atoms with Crippen LogP contribution in [0.25, 0.3) is 0 Å². The largest absolute Gasteiger partial charge is 0.310 e. The topological polar surface area (TPSA) is 58.2 Å². The molecule has 1 aromatic rings. The summed E-state index contributed by atoms with van der Waals surface area (Å²) in [5.41, 5.74) is 0. The number of piperidine rings is 1. The van der Waals surface area contributed by atoms with Crippen LogP contribution in [0.5, 0.6) is 0 Å². The lowest BCUT2D eigenvalue weighted by atomic mass is 9.96. The van der Waals surface area contributed by atoms with Crippen LogP contribution in [0.3, 0.4) is 0 Å². The first-order valence-electron chi connectivity index (χ1n) is 6.43. The Balaban J connectivity index is 2.16. The SMILES string of the molecule is CC1CCC(NS(=O)(=O)c2ccccc2F)C(C)N1. The molecule has 0 spiro atoms. The van der Waals surface area contributed by atoms with Crippen LogP contribution in [0.2, 0.25) is 0 Å². The van der Waals surface area contributed by atoms with Crippen molar-refractivity contribution in [1.82, 2.24) is 10.0 Å². The molecule has 0 bridgehead atoms. The fourth-order valence-corrected chi connectivity index (χ4v) is 3.84. The van der Waals surface area contributed by atoms with Crippen LogP contribution in [-0.4, -0.2) is 26.5 Å². The van der Waals surface area contributed by atoms with Gasteiger partial charge in [0.1, 0.15) is 10.7 Å². The predicted octanol–water partition coefficient (Wildman–Crippen LogP) is 1.63. The molecule has 0 radical (unpaired) electrons. The Kier molecular flexibility index (Phi) is 4.23. The first-order chi connectivity index (χ1) is 8.90. The zero-order valence-corrected chi connectivity index (χ0v) is 11.9. The summed E-state index contributed by atoms with van der Waals surface area (Å²) in [6.07, 6.45) is 1.65. The first kappa shape index (κ1) is 14.4. The Morgan fingerprint density at radius 1 is 1.26 bits per heavy atom. The van der Waals surface area contributed by atoms with Gasteiger partial charge in [0.15, 0.2) is 0 Å². The lowest BCUT2D eigenvalue weighted by Crippen LogP contribution is -2.54. The molecule has 1 aliphatic heterocycles. The predicted molar refractivity (Wildman–Crippen MR) is 71.8 cm³/mol. The number of sulfonamides is 1. The van der Waals surface area contributed by atoms with E-state index >= 15 is 0 Å². The zero-order chi connectivity index (χ0) is 14.0. The summed E-state index contributed by atoms with van der Waals surface area (Å²) in [4.78, 5) is -0.291. The lowest BCUT2D eigenvalue weighted by Gasteiger charge is -2.34. The van der Waals surface area contributed by atoms with Gasteiger partial charge >= 0.3 is 0 Å². The number of hydrogen-bond acceptors (Lipinski definition) is 3.